The van der Waals surface area contributed by atoms with E-state index in [0.29, 0.717) is 30.4 Å². The molecule has 3 amide bonds. The number of carbonyl (C=O) groups excluding carboxylic acids is 2. The molecule has 2 aromatic carbocycles. The fraction of sp³-hybridized carbons (Fsp3) is 0.300. The molecule has 2 N–H and O–H groups in total. The lowest BCUT2D eigenvalue weighted by atomic mass is 10.0. The highest BCUT2D eigenvalue weighted by molar-refractivity contribution is 5.95. The molecular formula is C20H21N3O2. The van der Waals surface area contributed by atoms with Gasteiger partial charge in [-0.1, -0.05) is 24.3 Å². The first kappa shape index (κ1) is 15.7. The number of nitrogens with one attached hydrogen (secondary N) is 2. The lowest BCUT2D eigenvalue weighted by Crippen LogP contribution is -2.38. The smallest absolute Gasteiger partial charge is 0.322 e. The molecule has 0 bridgehead atoms. The predicted octanol–water partition coefficient (Wildman–Crippen LogP) is 3.17. The van der Waals surface area contributed by atoms with Crippen LogP contribution in [0.25, 0.3) is 0 Å². The number of hydrogen-bond donors (Lipinski definition) is 2. The van der Waals surface area contributed by atoms with Gasteiger partial charge in [0.25, 0.3) is 5.91 Å². The summed E-state index contributed by atoms with van der Waals surface area (Å²) < 4.78 is 0. The van der Waals surface area contributed by atoms with E-state index in [1.165, 1.54) is 11.1 Å². The van der Waals surface area contributed by atoms with E-state index in [-0.39, 0.29) is 11.9 Å². The standard InChI is InChI=1S/C20H21N3O2/c24-19(21-17-9-10-17)15-5-7-18(8-6-15)22-20(25)23-12-11-14-3-1-2-4-16(14)13-23/h1-8,17H,9-13H2,(H,21,24)(H,22,25). The molecule has 5 nitrogen and oxygen atoms in total. The lowest BCUT2D eigenvalue weighted by Gasteiger charge is -2.29. The largest absolute Gasteiger partial charge is 0.349 e. The van der Waals surface area contributed by atoms with Gasteiger partial charge in [-0.2, -0.15) is 0 Å². The third-order valence-electron chi connectivity index (χ3n) is 4.73. The Balaban J connectivity index is 1.37. The number of carbonyl (C=O) groups is 2. The molecule has 0 atom stereocenters. The van der Waals surface area contributed by atoms with Crippen molar-refractivity contribution < 1.29 is 9.59 Å². The third kappa shape index (κ3) is 3.65. The molecule has 1 fully saturated rings. The van der Waals surface area contributed by atoms with Crippen LogP contribution < -0.4 is 10.6 Å². The number of fused-ring (bicyclic) bond motifs is 1. The molecule has 4 rings (SSSR count). The van der Waals surface area contributed by atoms with E-state index in [0.717, 1.165) is 19.3 Å². The van der Waals surface area contributed by atoms with E-state index in [1.54, 1.807) is 24.3 Å². The first-order valence-corrected chi connectivity index (χ1v) is 8.73. The summed E-state index contributed by atoms with van der Waals surface area (Å²) in [5, 5.41) is 5.87. The average Bonchev–Trinajstić information content (AvgIpc) is 3.46. The molecule has 5 heteroatoms. The second-order valence-electron chi connectivity index (χ2n) is 6.70. The number of amides is 3. The summed E-state index contributed by atoms with van der Waals surface area (Å²) in [5.41, 5.74) is 3.84. The van der Waals surface area contributed by atoms with Gasteiger partial charge in [-0.05, 0) is 54.7 Å². The number of nitrogens with zero attached hydrogens (tertiary/aromatic N) is 1. The van der Waals surface area contributed by atoms with Crippen molar-refractivity contribution in [3.8, 4) is 0 Å². The number of urea groups is 1. The summed E-state index contributed by atoms with van der Waals surface area (Å²) in [6, 6.07) is 15.5. The van der Waals surface area contributed by atoms with E-state index in [9.17, 15) is 9.59 Å². The third-order valence-corrected chi connectivity index (χ3v) is 4.73. The van der Waals surface area contributed by atoms with Crippen LogP contribution in [-0.2, 0) is 13.0 Å². The first-order valence-electron chi connectivity index (χ1n) is 8.73. The molecule has 2 aromatic rings. The van der Waals surface area contributed by atoms with Gasteiger partial charge in [-0.15, -0.1) is 0 Å². The van der Waals surface area contributed by atoms with Crippen molar-refractivity contribution in [2.24, 2.45) is 0 Å². The highest BCUT2D eigenvalue weighted by Crippen LogP contribution is 2.21. The second-order valence-corrected chi connectivity index (χ2v) is 6.70. The maximum Gasteiger partial charge on any atom is 0.322 e. The van der Waals surface area contributed by atoms with Gasteiger partial charge >= 0.3 is 6.03 Å². The van der Waals surface area contributed by atoms with Gasteiger partial charge in [-0.3, -0.25) is 4.79 Å². The normalized spacial score (nSPS) is 16.1. The molecule has 1 aliphatic carbocycles. The topological polar surface area (TPSA) is 61.4 Å². The molecule has 1 aliphatic heterocycles. The van der Waals surface area contributed by atoms with E-state index >= 15 is 0 Å². The number of anilines is 1. The Morgan fingerprint density at radius 2 is 1.68 bits per heavy atom. The van der Waals surface area contributed by atoms with Gasteiger partial charge in [0.15, 0.2) is 0 Å². The van der Waals surface area contributed by atoms with Gasteiger partial charge in [0.05, 0.1) is 0 Å². The quantitative estimate of drug-likeness (QED) is 0.905. The van der Waals surface area contributed by atoms with Crippen LogP contribution in [0.5, 0.6) is 0 Å². The maximum absolute atomic E-state index is 12.5. The second kappa shape index (κ2) is 6.59. The fourth-order valence-corrected chi connectivity index (χ4v) is 3.07. The van der Waals surface area contributed by atoms with Crippen LogP contribution in [0.2, 0.25) is 0 Å². The Hall–Kier alpha value is -2.82. The highest BCUT2D eigenvalue weighted by atomic mass is 16.2. The SMILES string of the molecule is O=C(NC1CC1)c1ccc(NC(=O)N2CCc3ccccc3C2)cc1. The minimum Gasteiger partial charge on any atom is -0.349 e. The molecule has 128 valence electrons. The van der Waals surface area contributed by atoms with E-state index in [2.05, 4.69) is 22.8 Å². The fourth-order valence-electron chi connectivity index (χ4n) is 3.07. The van der Waals surface area contributed by atoms with E-state index in [1.807, 2.05) is 17.0 Å². The Bertz CT molecular complexity index is 797. The zero-order valence-electron chi connectivity index (χ0n) is 14.0. The zero-order valence-corrected chi connectivity index (χ0v) is 14.0. The van der Waals surface area contributed by atoms with Crippen molar-refractivity contribution >= 4 is 17.6 Å². The van der Waals surface area contributed by atoms with Gasteiger partial charge in [0.1, 0.15) is 0 Å². The minimum atomic E-state index is -0.107. The molecule has 0 unspecified atom stereocenters. The summed E-state index contributed by atoms with van der Waals surface area (Å²) in [6.45, 7) is 1.34. The van der Waals surface area contributed by atoms with Crippen LogP contribution in [0.15, 0.2) is 48.5 Å². The van der Waals surface area contributed by atoms with Crippen LogP contribution in [0, 0.1) is 0 Å². The summed E-state index contributed by atoms with van der Waals surface area (Å²) in [7, 11) is 0. The summed E-state index contributed by atoms with van der Waals surface area (Å²) in [5.74, 6) is -0.0481. The average molecular weight is 335 g/mol. The van der Waals surface area contributed by atoms with Gasteiger partial charge < -0.3 is 15.5 Å². The predicted molar refractivity (Wildman–Crippen MR) is 96.5 cm³/mol. The van der Waals surface area contributed by atoms with Gasteiger partial charge in [0, 0.05) is 30.4 Å². The van der Waals surface area contributed by atoms with Crippen molar-refractivity contribution in [2.45, 2.75) is 31.8 Å². The molecule has 0 saturated heterocycles. The lowest BCUT2D eigenvalue weighted by molar-refractivity contribution is 0.0951. The molecular weight excluding hydrogens is 314 g/mol. The number of hydrogen-bond acceptors (Lipinski definition) is 2. The van der Waals surface area contributed by atoms with Crippen molar-refractivity contribution in [3.05, 3.63) is 65.2 Å². The Labute approximate surface area is 147 Å². The molecule has 0 aromatic heterocycles. The Kier molecular flexibility index (Phi) is 4.14. The summed E-state index contributed by atoms with van der Waals surface area (Å²) in [4.78, 5) is 26.3. The van der Waals surface area contributed by atoms with Crippen molar-refractivity contribution in [3.63, 3.8) is 0 Å². The summed E-state index contributed by atoms with van der Waals surface area (Å²) in [6.07, 6.45) is 3.02. The molecule has 2 aliphatic rings. The summed E-state index contributed by atoms with van der Waals surface area (Å²) >= 11 is 0. The van der Waals surface area contributed by atoms with E-state index < -0.39 is 0 Å². The minimum absolute atomic E-state index is 0.0481. The number of benzene rings is 2. The Morgan fingerprint density at radius 1 is 0.960 bits per heavy atom. The molecule has 1 heterocycles. The van der Waals surface area contributed by atoms with Crippen LogP contribution in [-0.4, -0.2) is 29.4 Å². The van der Waals surface area contributed by atoms with Crippen LogP contribution in [0.4, 0.5) is 10.5 Å². The molecule has 0 spiro atoms. The Morgan fingerprint density at radius 3 is 2.40 bits per heavy atom. The number of rotatable bonds is 3. The molecule has 25 heavy (non-hydrogen) atoms. The zero-order chi connectivity index (χ0) is 17.2. The van der Waals surface area contributed by atoms with Crippen molar-refractivity contribution in [1.29, 1.82) is 0 Å². The maximum atomic E-state index is 12.5. The van der Waals surface area contributed by atoms with E-state index in [4.69, 9.17) is 0 Å². The van der Waals surface area contributed by atoms with Crippen LogP contribution in [0.1, 0.15) is 34.3 Å². The van der Waals surface area contributed by atoms with Gasteiger partial charge in [-0.25, -0.2) is 4.79 Å². The van der Waals surface area contributed by atoms with Crippen LogP contribution >= 0.6 is 0 Å². The molecule has 1 saturated carbocycles. The molecule has 0 radical (unpaired) electrons. The highest BCUT2D eigenvalue weighted by Gasteiger charge is 2.24. The monoisotopic (exact) mass is 335 g/mol. The van der Waals surface area contributed by atoms with Crippen molar-refractivity contribution in [2.75, 3.05) is 11.9 Å². The van der Waals surface area contributed by atoms with Crippen LogP contribution in [0.3, 0.4) is 0 Å². The van der Waals surface area contributed by atoms with Crippen molar-refractivity contribution in [1.82, 2.24) is 10.2 Å². The first-order chi connectivity index (χ1) is 12.2. The van der Waals surface area contributed by atoms with Gasteiger partial charge in [0.2, 0.25) is 0 Å².